The molecule has 0 fully saturated rings. The quantitative estimate of drug-likeness (QED) is 0.429. The molecule has 148 valence electrons. The van der Waals surface area contributed by atoms with Gasteiger partial charge in [0.1, 0.15) is 5.75 Å². The third-order valence-electron chi connectivity index (χ3n) is 4.85. The molecule has 1 aliphatic rings. The summed E-state index contributed by atoms with van der Waals surface area (Å²) in [4.78, 5) is 14.8. The van der Waals surface area contributed by atoms with Crippen LogP contribution >= 0.6 is 23.2 Å². The third-order valence-corrected chi connectivity index (χ3v) is 5.41. The second-order valence-corrected chi connectivity index (χ2v) is 7.61. The van der Waals surface area contributed by atoms with Crippen LogP contribution < -0.4 is 16.0 Å². The number of halogens is 2. The molecule has 0 atom stereocenters. The number of nitrogens with one attached hydrogen (secondary N) is 1. The van der Waals surface area contributed by atoms with Gasteiger partial charge in [0.25, 0.3) is 5.91 Å². The summed E-state index contributed by atoms with van der Waals surface area (Å²) in [6, 6.07) is 18.7. The fraction of sp³-hybridized carbons (Fsp3) is 0.136. The normalized spacial score (nSPS) is 13.2. The second-order valence-electron chi connectivity index (χ2n) is 6.80. The van der Waals surface area contributed by atoms with Gasteiger partial charge < -0.3 is 15.1 Å². The van der Waals surface area contributed by atoms with Crippen LogP contribution in [0.15, 0.2) is 60.7 Å². The van der Waals surface area contributed by atoms with Crippen LogP contribution in [0.2, 0.25) is 10.0 Å². The Morgan fingerprint density at radius 2 is 1.76 bits per heavy atom. The summed E-state index contributed by atoms with van der Waals surface area (Å²) in [5, 5.41) is 0.682. The molecular weight excluding hydrogens is 409 g/mol. The molecule has 29 heavy (non-hydrogen) atoms. The molecule has 0 saturated heterocycles. The zero-order valence-corrected chi connectivity index (χ0v) is 17.0. The van der Waals surface area contributed by atoms with Gasteiger partial charge in [0.2, 0.25) is 0 Å². The van der Waals surface area contributed by atoms with Gasteiger partial charge in [-0.15, -0.1) is 0 Å². The lowest BCUT2D eigenvalue weighted by molar-refractivity contribution is 0.0727. The summed E-state index contributed by atoms with van der Waals surface area (Å²) in [5.74, 6) is 6.34. The molecule has 0 aromatic heterocycles. The number of anilines is 1. The summed E-state index contributed by atoms with van der Waals surface area (Å²) in [7, 11) is 0. The third kappa shape index (κ3) is 4.17. The maximum Gasteiger partial charge on any atom is 0.254 e. The first-order valence-corrected chi connectivity index (χ1v) is 9.90. The van der Waals surface area contributed by atoms with Gasteiger partial charge in [0.15, 0.2) is 5.75 Å². The average molecular weight is 428 g/mol. The van der Waals surface area contributed by atoms with E-state index in [1.807, 2.05) is 41.3 Å². The topological polar surface area (TPSA) is 67.6 Å². The highest BCUT2D eigenvalue weighted by Gasteiger charge is 2.25. The van der Waals surface area contributed by atoms with Gasteiger partial charge >= 0.3 is 0 Å². The summed E-state index contributed by atoms with van der Waals surface area (Å²) in [6.07, 6.45) is 0.753. The number of hydrogen-bond donors (Lipinski definition) is 2. The van der Waals surface area contributed by atoms with E-state index in [4.69, 9.17) is 33.8 Å². The number of nitrogens with two attached hydrogens (primary N) is 1. The molecule has 0 radical (unpaired) electrons. The zero-order chi connectivity index (χ0) is 20.4. The smallest absolute Gasteiger partial charge is 0.254 e. The number of ether oxygens (including phenoxy) is 1. The minimum Gasteiger partial charge on any atom is -0.454 e. The lowest BCUT2D eigenvalue weighted by Crippen LogP contribution is -2.37. The number of benzene rings is 3. The highest BCUT2D eigenvalue weighted by Crippen LogP contribution is 2.39. The van der Waals surface area contributed by atoms with Crippen molar-refractivity contribution in [2.75, 3.05) is 12.0 Å². The fourth-order valence-electron chi connectivity index (χ4n) is 3.39. The van der Waals surface area contributed by atoms with E-state index in [0.29, 0.717) is 45.9 Å². The van der Waals surface area contributed by atoms with Crippen LogP contribution in [0.4, 0.5) is 5.69 Å². The predicted molar refractivity (Wildman–Crippen MR) is 116 cm³/mol. The highest BCUT2D eigenvalue weighted by molar-refractivity contribution is 6.37. The lowest BCUT2D eigenvalue weighted by atomic mass is 9.98. The second kappa shape index (κ2) is 8.33. The first kappa shape index (κ1) is 19.6. The maximum atomic E-state index is 12.9. The number of amides is 1. The SMILES string of the molecule is NNc1cc(Cl)c(Oc2ccc3c(c2)CCN(Cc2ccccc2)C3=O)c(Cl)c1. The van der Waals surface area contributed by atoms with E-state index < -0.39 is 0 Å². The van der Waals surface area contributed by atoms with Crippen LogP contribution in [0.1, 0.15) is 21.5 Å². The number of rotatable bonds is 5. The molecule has 3 aromatic rings. The molecule has 0 unspecified atom stereocenters. The van der Waals surface area contributed by atoms with E-state index in [1.165, 1.54) is 0 Å². The lowest BCUT2D eigenvalue weighted by Gasteiger charge is -2.29. The molecule has 3 N–H and O–H groups in total. The minimum absolute atomic E-state index is 0.0242. The van der Waals surface area contributed by atoms with E-state index >= 15 is 0 Å². The van der Waals surface area contributed by atoms with E-state index in [0.717, 1.165) is 17.5 Å². The van der Waals surface area contributed by atoms with Gasteiger partial charge in [-0.05, 0) is 47.9 Å². The predicted octanol–water partition coefficient (Wildman–Crippen LogP) is 5.27. The Morgan fingerprint density at radius 3 is 2.45 bits per heavy atom. The molecule has 0 spiro atoms. The number of fused-ring (bicyclic) bond motifs is 1. The Morgan fingerprint density at radius 1 is 1.03 bits per heavy atom. The number of hydrazine groups is 1. The standard InChI is InChI=1S/C22H19Cl2N3O2/c23-19-11-16(26-25)12-20(24)21(19)29-17-6-7-18-15(10-17)8-9-27(22(18)28)13-14-4-2-1-3-5-14/h1-7,10-12,26H,8-9,13,25H2. The van der Waals surface area contributed by atoms with Crippen molar-refractivity contribution in [1.82, 2.24) is 4.90 Å². The van der Waals surface area contributed by atoms with Crippen molar-refractivity contribution in [1.29, 1.82) is 0 Å². The zero-order valence-electron chi connectivity index (χ0n) is 15.5. The molecule has 0 saturated carbocycles. The largest absolute Gasteiger partial charge is 0.454 e. The van der Waals surface area contributed by atoms with Gasteiger partial charge in [-0.2, -0.15) is 0 Å². The van der Waals surface area contributed by atoms with Crippen LogP contribution in [0.5, 0.6) is 11.5 Å². The Hall–Kier alpha value is -2.73. The molecule has 0 bridgehead atoms. The summed E-state index contributed by atoms with van der Waals surface area (Å²) >= 11 is 12.5. The molecule has 0 aliphatic carbocycles. The minimum atomic E-state index is 0.0242. The van der Waals surface area contributed by atoms with Crippen molar-refractivity contribution in [2.24, 2.45) is 5.84 Å². The van der Waals surface area contributed by atoms with E-state index in [-0.39, 0.29) is 5.91 Å². The van der Waals surface area contributed by atoms with Crippen LogP contribution in [0.3, 0.4) is 0 Å². The number of nitrogen functional groups attached to an aromatic ring is 1. The van der Waals surface area contributed by atoms with Crippen molar-refractivity contribution in [2.45, 2.75) is 13.0 Å². The van der Waals surface area contributed by atoms with Crippen molar-refractivity contribution in [3.63, 3.8) is 0 Å². The number of nitrogens with zero attached hydrogens (tertiary/aromatic N) is 1. The summed E-state index contributed by atoms with van der Waals surface area (Å²) in [5.41, 5.74) is 5.84. The van der Waals surface area contributed by atoms with Crippen LogP contribution in [-0.4, -0.2) is 17.4 Å². The molecule has 5 nitrogen and oxygen atoms in total. The molecule has 3 aromatic carbocycles. The summed E-state index contributed by atoms with van der Waals surface area (Å²) < 4.78 is 5.91. The van der Waals surface area contributed by atoms with Crippen molar-refractivity contribution in [3.05, 3.63) is 87.4 Å². The molecule has 7 heteroatoms. The Kier molecular flexibility index (Phi) is 5.62. The van der Waals surface area contributed by atoms with E-state index in [1.54, 1.807) is 24.3 Å². The Bertz CT molecular complexity index is 1030. The highest BCUT2D eigenvalue weighted by atomic mass is 35.5. The van der Waals surface area contributed by atoms with E-state index in [2.05, 4.69) is 5.43 Å². The number of carbonyl (C=O) groups is 1. The number of hydrogen-bond acceptors (Lipinski definition) is 4. The fourth-order valence-corrected chi connectivity index (χ4v) is 3.95. The summed E-state index contributed by atoms with van der Waals surface area (Å²) in [6.45, 7) is 1.26. The maximum absolute atomic E-state index is 12.9. The van der Waals surface area contributed by atoms with Crippen molar-refractivity contribution >= 4 is 34.8 Å². The van der Waals surface area contributed by atoms with Gasteiger partial charge in [0.05, 0.1) is 15.7 Å². The monoisotopic (exact) mass is 427 g/mol. The van der Waals surface area contributed by atoms with Gasteiger partial charge in [-0.3, -0.25) is 10.6 Å². The van der Waals surface area contributed by atoms with Crippen LogP contribution in [0.25, 0.3) is 0 Å². The molecule has 1 amide bonds. The average Bonchev–Trinajstić information content (AvgIpc) is 2.73. The Balaban J connectivity index is 1.54. The molecular formula is C22H19Cl2N3O2. The van der Waals surface area contributed by atoms with E-state index in [9.17, 15) is 4.79 Å². The molecule has 1 heterocycles. The molecule has 1 aliphatic heterocycles. The first-order chi connectivity index (χ1) is 14.0. The first-order valence-electron chi connectivity index (χ1n) is 9.15. The van der Waals surface area contributed by atoms with Gasteiger partial charge in [-0.25, -0.2) is 0 Å². The van der Waals surface area contributed by atoms with Crippen molar-refractivity contribution < 1.29 is 9.53 Å². The molecule has 4 rings (SSSR count). The van der Waals surface area contributed by atoms with Gasteiger partial charge in [0, 0.05) is 18.7 Å². The number of carbonyl (C=O) groups excluding carboxylic acids is 1. The van der Waals surface area contributed by atoms with Gasteiger partial charge in [-0.1, -0.05) is 53.5 Å². The van der Waals surface area contributed by atoms with Crippen molar-refractivity contribution in [3.8, 4) is 11.5 Å². The van der Waals surface area contributed by atoms with Crippen LogP contribution in [0, 0.1) is 0 Å². The Labute approximate surface area is 179 Å². The van der Waals surface area contributed by atoms with Crippen LogP contribution in [-0.2, 0) is 13.0 Å².